The molecule has 0 aromatic heterocycles. The number of ether oxygens (including phenoxy) is 2. The molecule has 4 aliphatic rings. The minimum Gasteiger partial charge on any atom is -0.493 e. The Kier molecular flexibility index (Phi) is 5.61. The molecule has 4 atom stereocenters. The molecular formula is C25H23N3O6. The molecule has 1 aliphatic heterocycles. The van der Waals surface area contributed by atoms with Gasteiger partial charge < -0.3 is 9.47 Å². The van der Waals surface area contributed by atoms with Crippen LogP contribution in [0.2, 0.25) is 0 Å². The number of hydrazone groups is 1. The van der Waals surface area contributed by atoms with Gasteiger partial charge in [0, 0.05) is 12.1 Å². The van der Waals surface area contributed by atoms with E-state index in [1.807, 2.05) is 0 Å². The van der Waals surface area contributed by atoms with E-state index >= 15 is 0 Å². The zero-order valence-electron chi connectivity index (χ0n) is 18.5. The van der Waals surface area contributed by atoms with Gasteiger partial charge in [-0.05, 0) is 66.1 Å². The molecule has 9 nitrogen and oxygen atoms in total. The highest BCUT2D eigenvalue weighted by Gasteiger charge is 2.56. The van der Waals surface area contributed by atoms with Gasteiger partial charge in [0.2, 0.25) is 0 Å². The van der Waals surface area contributed by atoms with E-state index in [1.54, 1.807) is 30.3 Å². The van der Waals surface area contributed by atoms with Crippen molar-refractivity contribution in [2.45, 2.75) is 19.4 Å². The third kappa shape index (κ3) is 3.83. The molecule has 3 aliphatic carbocycles. The lowest BCUT2D eigenvalue weighted by molar-refractivity contribution is -0.384. The Hall–Kier alpha value is -4.01. The molecule has 9 heteroatoms. The van der Waals surface area contributed by atoms with E-state index in [0.29, 0.717) is 17.1 Å². The summed E-state index contributed by atoms with van der Waals surface area (Å²) in [7, 11) is 1.51. The number of carbonyl (C=O) groups is 2. The summed E-state index contributed by atoms with van der Waals surface area (Å²) >= 11 is 0. The first kappa shape index (κ1) is 21.8. The molecule has 2 aromatic rings. The Morgan fingerprint density at radius 1 is 1.03 bits per heavy atom. The van der Waals surface area contributed by atoms with Gasteiger partial charge in [0.1, 0.15) is 6.61 Å². The van der Waals surface area contributed by atoms with Crippen molar-refractivity contribution in [3.8, 4) is 11.5 Å². The van der Waals surface area contributed by atoms with Crippen LogP contribution >= 0.6 is 0 Å². The Labute approximate surface area is 195 Å². The van der Waals surface area contributed by atoms with Crippen LogP contribution in [-0.2, 0) is 16.2 Å². The summed E-state index contributed by atoms with van der Waals surface area (Å²) in [5.74, 6) is 0.163. The predicted molar refractivity (Wildman–Crippen MR) is 122 cm³/mol. The van der Waals surface area contributed by atoms with E-state index in [1.165, 1.54) is 25.5 Å². The SMILES string of the molecule is COc1cc(/C=N\N2C(=O)[C@@H]3[C@@H](C2=O)[C@H]2C=C[C@H]3CC2)ccc1OCc1ccc([N+](=O)[O-])cc1. The lowest BCUT2D eigenvalue weighted by Gasteiger charge is -2.37. The second-order valence-electron chi connectivity index (χ2n) is 8.70. The van der Waals surface area contributed by atoms with Gasteiger partial charge >= 0.3 is 0 Å². The van der Waals surface area contributed by atoms with E-state index < -0.39 is 4.92 Å². The van der Waals surface area contributed by atoms with Crippen LogP contribution in [0.3, 0.4) is 0 Å². The molecule has 0 radical (unpaired) electrons. The van der Waals surface area contributed by atoms with Gasteiger partial charge in [0.15, 0.2) is 11.5 Å². The van der Waals surface area contributed by atoms with Crippen LogP contribution in [0.4, 0.5) is 5.69 Å². The second kappa shape index (κ2) is 8.74. The van der Waals surface area contributed by atoms with Crippen LogP contribution in [0, 0.1) is 33.8 Å². The minimum atomic E-state index is -0.452. The highest BCUT2D eigenvalue weighted by atomic mass is 16.6. The first-order chi connectivity index (χ1) is 16.5. The quantitative estimate of drug-likeness (QED) is 0.204. The van der Waals surface area contributed by atoms with Crippen molar-refractivity contribution in [3.63, 3.8) is 0 Å². The largest absolute Gasteiger partial charge is 0.493 e. The molecule has 2 bridgehead atoms. The molecule has 1 heterocycles. The normalized spacial score (nSPS) is 25.1. The summed E-state index contributed by atoms with van der Waals surface area (Å²) in [5, 5.41) is 16.0. The molecule has 34 heavy (non-hydrogen) atoms. The average Bonchev–Trinajstić information content (AvgIpc) is 3.14. The summed E-state index contributed by atoms with van der Waals surface area (Å²) in [6.07, 6.45) is 7.52. The summed E-state index contributed by atoms with van der Waals surface area (Å²) in [4.78, 5) is 36.1. The number of amides is 2. The van der Waals surface area contributed by atoms with E-state index in [0.717, 1.165) is 23.4 Å². The standard InChI is InChI=1S/C25H23N3O6/c1-33-21-12-16(4-11-20(21)34-14-15-2-9-19(10-3-15)28(31)32)13-26-27-24(29)22-17-5-6-18(8-7-17)23(22)25(27)30/h2-6,9-13,17-18,22-23H,7-8,14H2,1H3/b26-13-/t17-,18-,22-,23-/m0/s1. The third-order valence-corrected chi connectivity index (χ3v) is 6.79. The van der Waals surface area contributed by atoms with Gasteiger partial charge in [0.05, 0.1) is 30.1 Å². The molecule has 1 saturated carbocycles. The maximum absolute atomic E-state index is 12.9. The number of fused-ring (bicyclic) bond motifs is 1. The molecule has 174 valence electrons. The highest BCUT2D eigenvalue weighted by Crippen LogP contribution is 2.49. The molecule has 2 amide bonds. The van der Waals surface area contributed by atoms with Gasteiger partial charge in [-0.25, -0.2) is 0 Å². The fourth-order valence-corrected chi connectivity index (χ4v) is 5.06. The molecule has 6 rings (SSSR count). The number of imide groups is 1. The second-order valence-corrected chi connectivity index (χ2v) is 8.70. The summed E-state index contributed by atoms with van der Waals surface area (Å²) in [6.45, 7) is 0.206. The van der Waals surface area contributed by atoms with Gasteiger partial charge in [-0.15, -0.1) is 0 Å². The average molecular weight is 461 g/mol. The molecular weight excluding hydrogens is 438 g/mol. The van der Waals surface area contributed by atoms with Gasteiger partial charge in [-0.1, -0.05) is 12.2 Å². The minimum absolute atomic E-state index is 0.0168. The van der Waals surface area contributed by atoms with Crippen LogP contribution in [-0.4, -0.2) is 35.1 Å². The lowest BCUT2D eigenvalue weighted by atomic mass is 9.63. The Balaban J connectivity index is 1.27. The number of non-ortho nitro benzene ring substituents is 1. The van der Waals surface area contributed by atoms with Crippen LogP contribution in [0.25, 0.3) is 0 Å². The monoisotopic (exact) mass is 461 g/mol. The zero-order valence-corrected chi connectivity index (χ0v) is 18.5. The Bertz CT molecular complexity index is 1170. The van der Waals surface area contributed by atoms with Crippen molar-refractivity contribution in [3.05, 3.63) is 75.9 Å². The van der Waals surface area contributed by atoms with Crippen molar-refractivity contribution in [2.24, 2.45) is 28.8 Å². The van der Waals surface area contributed by atoms with Crippen molar-refractivity contribution >= 4 is 23.7 Å². The molecule has 2 fully saturated rings. The van der Waals surface area contributed by atoms with Crippen molar-refractivity contribution in [2.75, 3.05) is 7.11 Å². The third-order valence-electron chi connectivity index (χ3n) is 6.79. The number of hydrogen-bond donors (Lipinski definition) is 0. The Morgan fingerprint density at radius 2 is 1.68 bits per heavy atom. The van der Waals surface area contributed by atoms with E-state index in [4.69, 9.17) is 9.47 Å². The first-order valence-corrected chi connectivity index (χ1v) is 11.1. The number of nitrogens with zero attached hydrogens (tertiary/aromatic N) is 3. The number of carbonyl (C=O) groups excluding carboxylic acids is 2. The number of allylic oxidation sites excluding steroid dienone is 2. The maximum Gasteiger partial charge on any atom is 0.269 e. The number of hydrogen-bond acceptors (Lipinski definition) is 7. The number of nitro groups is 1. The van der Waals surface area contributed by atoms with Crippen LogP contribution in [0.15, 0.2) is 59.7 Å². The van der Waals surface area contributed by atoms with Gasteiger partial charge in [-0.2, -0.15) is 10.1 Å². The Morgan fingerprint density at radius 3 is 2.24 bits per heavy atom. The van der Waals surface area contributed by atoms with Crippen molar-refractivity contribution in [1.82, 2.24) is 5.01 Å². The molecule has 0 spiro atoms. The summed E-state index contributed by atoms with van der Waals surface area (Å²) in [6, 6.07) is 11.3. The molecule has 1 saturated heterocycles. The van der Waals surface area contributed by atoms with Gasteiger partial charge in [-0.3, -0.25) is 19.7 Å². The van der Waals surface area contributed by atoms with Crippen LogP contribution in [0.5, 0.6) is 11.5 Å². The fraction of sp³-hybridized carbons (Fsp3) is 0.320. The maximum atomic E-state index is 12.9. The fourth-order valence-electron chi connectivity index (χ4n) is 5.06. The number of rotatable bonds is 7. The van der Waals surface area contributed by atoms with E-state index in [2.05, 4.69) is 17.3 Å². The summed E-state index contributed by atoms with van der Waals surface area (Å²) in [5.41, 5.74) is 1.44. The van der Waals surface area contributed by atoms with Crippen molar-refractivity contribution < 1.29 is 24.0 Å². The lowest BCUT2D eigenvalue weighted by Crippen LogP contribution is -2.38. The highest BCUT2D eigenvalue weighted by molar-refractivity contribution is 6.06. The first-order valence-electron chi connectivity index (χ1n) is 11.1. The van der Waals surface area contributed by atoms with Crippen LogP contribution in [0.1, 0.15) is 24.0 Å². The molecule has 0 unspecified atom stereocenters. The smallest absolute Gasteiger partial charge is 0.269 e. The van der Waals surface area contributed by atoms with Crippen molar-refractivity contribution in [1.29, 1.82) is 0 Å². The molecule has 0 N–H and O–H groups in total. The van der Waals surface area contributed by atoms with Crippen LogP contribution < -0.4 is 9.47 Å². The predicted octanol–water partition coefficient (Wildman–Crippen LogP) is 3.71. The number of methoxy groups -OCH3 is 1. The van der Waals surface area contributed by atoms with E-state index in [-0.39, 0.29) is 47.8 Å². The van der Waals surface area contributed by atoms with Gasteiger partial charge in [0.25, 0.3) is 17.5 Å². The number of nitro benzene ring substituents is 1. The zero-order chi connectivity index (χ0) is 23.8. The summed E-state index contributed by atoms with van der Waals surface area (Å²) < 4.78 is 11.2. The molecule has 2 aromatic carbocycles. The number of benzene rings is 2. The van der Waals surface area contributed by atoms with E-state index in [9.17, 15) is 19.7 Å². The topological polar surface area (TPSA) is 111 Å².